The minimum Gasteiger partial charge on any atom is -0.379 e. The predicted octanol–water partition coefficient (Wildman–Crippen LogP) is 2.32. The molecule has 1 rings (SSSR count). The van der Waals surface area contributed by atoms with Crippen LogP contribution in [-0.2, 0) is 39.8 Å². The van der Waals surface area contributed by atoms with E-state index in [2.05, 4.69) is 0 Å². The molecule has 0 N–H and O–H groups in total. The van der Waals surface area contributed by atoms with E-state index in [1.165, 1.54) is 5.56 Å². The van der Waals surface area contributed by atoms with Gasteiger partial charge in [-0.05, 0) is 12.5 Å². The highest BCUT2D eigenvalue weighted by atomic mass is 16.6. The van der Waals surface area contributed by atoms with Crippen molar-refractivity contribution in [2.45, 2.75) is 13.5 Å². The molecule has 0 saturated carbocycles. The Morgan fingerprint density at radius 1 is 0.464 bits per heavy atom. The third kappa shape index (κ3) is 17.1. The van der Waals surface area contributed by atoms with Crippen LogP contribution in [0.25, 0.3) is 0 Å². The highest BCUT2D eigenvalue weighted by molar-refractivity contribution is 5.13. The molecule has 0 aliphatic carbocycles. The van der Waals surface area contributed by atoms with Crippen LogP contribution in [0.1, 0.15) is 12.5 Å². The van der Waals surface area contributed by atoms with Gasteiger partial charge in [0.05, 0.1) is 85.9 Å². The van der Waals surface area contributed by atoms with Gasteiger partial charge >= 0.3 is 0 Å². The molecule has 7 heteroatoms. The topological polar surface area (TPSA) is 64.6 Å². The molecule has 28 heavy (non-hydrogen) atoms. The summed E-state index contributed by atoms with van der Waals surface area (Å²) in [5, 5.41) is 0. The van der Waals surface area contributed by atoms with Crippen LogP contribution in [0.5, 0.6) is 0 Å². The Morgan fingerprint density at radius 2 is 0.821 bits per heavy atom. The van der Waals surface area contributed by atoms with Gasteiger partial charge in [-0.25, -0.2) is 0 Å². The summed E-state index contributed by atoms with van der Waals surface area (Å²) in [5.74, 6) is 0. The van der Waals surface area contributed by atoms with E-state index in [4.69, 9.17) is 33.2 Å². The quantitative estimate of drug-likeness (QED) is 0.294. The highest BCUT2D eigenvalue weighted by Crippen LogP contribution is 1.99. The van der Waals surface area contributed by atoms with Crippen molar-refractivity contribution >= 4 is 0 Å². The summed E-state index contributed by atoms with van der Waals surface area (Å²) in [6.45, 7) is 10.1. The molecule has 0 aliphatic rings. The van der Waals surface area contributed by atoms with Crippen LogP contribution in [0.2, 0.25) is 0 Å². The second-order valence-electron chi connectivity index (χ2n) is 5.80. The number of benzene rings is 1. The Kier molecular flexibility index (Phi) is 18.4. The van der Waals surface area contributed by atoms with Crippen molar-refractivity contribution in [2.75, 3.05) is 85.9 Å². The molecule has 0 spiro atoms. The second kappa shape index (κ2) is 20.7. The predicted molar refractivity (Wildman–Crippen MR) is 107 cm³/mol. The van der Waals surface area contributed by atoms with Crippen molar-refractivity contribution in [1.82, 2.24) is 0 Å². The van der Waals surface area contributed by atoms with Crippen LogP contribution in [0.3, 0.4) is 0 Å². The van der Waals surface area contributed by atoms with E-state index in [0.717, 1.165) is 6.61 Å². The van der Waals surface area contributed by atoms with E-state index in [1.807, 2.05) is 37.3 Å². The van der Waals surface area contributed by atoms with Gasteiger partial charge in [-0.1, -0.05) is 30.3 Å². The molecule has 0 aromatic heterocycles. The molecular formula is C21H36O7. The van der Waals surface area contributed by atoms with Crippen molar-refractivity contribution in [3.8, 4) is 0 Å². The Hall–Kier alpha value is -1.06. The SMILES string of the molecule is CCOCCOCCOCCOCCOCCOCCOCc1ccccc1. The summed E-state index contributed by atoms with van der Waals surface area (Å²) in [4.78, 5) is 0. The lowest BCUT2D eigenvalue weighted by atomic mass is 10.2. The van der Waals surface area contributed by atoms with Crippen LogP contribution < -0.4 is 0 Å². The molecule has 0 fully saturated rings. The van der Waals surface area contributed by atoms with Gasteiger partial charge in [-0.3, -0.25) is 0 Å². The van der Waals surface area contributed by atoms with Crippen molar-refractivity contribution in [2.24, 2.45) is 0 Å². The van der Waals surface area contributed by atoms with E-state index < -0.39 is 0 Å². The molecule has 1 aromatic carbocycles. The standard InChI is InChI=1S/C21H36O7/c1-2-22-8-9-23-10-11-24-12-13-25-14-15-26-16-17-27-18-19-28-20-21-6-4-3-5-7-21/h3-7H,2,8-20H2,1H3. The molecule has 7 nitrogen and oxygen atoms in total. The molecule has 162 valence electrons. The lowest BCUT2D eigenvalue weighted by Gasteiger charge is -2.08. The second-order valence-corrected chi connectivity index (χ2v) is 5.80. The monoisotopic (exact) mass is 400 g/mol. The molecule has 0 radical (unpaired) electrons. The minimum absolute atomic E-state index is 0.550. The minimum atomic E-state index is 0.550. The van der Waals surface area contributed by atoms with Crippen LogP contribution in [0.4, 0.5) is 0 Å². The van der Waals surface area contributed by atoms with E-state index >= 15 is 0 Å². The molecule has 0 saturated heterocycles. The lowest BCUT2D eigenvalue weighted by molar-refractivity contribution is -0.0208. The summed E-state index contributed by atoms with van der Waals surface area (Å²) in [6.07, 6.45) is 0. The van der Waals surface area contributed by atoms with E-state index in [0.29, 0.717) is 85.9 Å². The zero-order valence-electron chi connectivity index (χ0n) is 17.1. The van der Waals surface area contributed by atoms with Crippen molar-refractivity contribution < 1.29 is 33.2 Å². The molecule has 0 heterocycles. The molecule has 1 aromatic rings. The van der Waals surface area contributed by atoms with Crippen molar-refractivity contribution in [3.63, 3.8) is 0 Å². The third-order valence-electron chi connectivity index (χ3n) is 3.55. The van der Waals surface area contributed by atoms with Gasteiger partial charge in [0.2, 0.25) is 0 Å². The molecule has 0 amide bonds. The first kappa shape index (κ1) is 25.0. The summed E-state index contributed by atoms with van der Waals surface area (Å²) < 4.78 is 37.8. The molecule has 0 unspecified atom stereocenters. The van der Waals surface area contributed by atoms with Crippen LogP contribution in [0, 0.1) is 0 Å². The Bertz CT molecular complexity index is 416. The maximum Gasteiger partial charge on any atom is 0.0718 e. The fourth-order valence-electron chi connectivity index (χ4n) is 2.13. The van der Waals surface area contributed by atoms with Crippen LogP contribution in [-0.4, -0.2) is 85.9 Å². The maximum absolute atomic E-state index is 5.54. The smallest absolute Gasteiger partial charge is 0.0718 e. The first-order valence-electron chi connectivity index (χ1n) is 10.0. The normalized spacial score (nSPS) is 11.2. The van der Waals surface area contributed by atoms with E-state index in [1.54, 1.807) is 0 Å². The van der Waals surface area contributed by atoms with E-state index in [-0.39, 0.29) is 0 Å². The van der Waals surface area contributed by atoms with Gasteiger partial charge in [0, 0.05) is 6.61 Å². The molecular weight excluding hydrogens is 364 g/mol. The van der Waals surface area contributed by atoms with Gasteiger partial charge in [0.15, 0.2) is 0 Å². The third-order valence-corrected chi connectivity index (χ3v) is 3.55. The van der Waals surface area contributed by atoms with Crippen molar-refractivity contribution in [3.05, 3.63) is 35.9 Å². The number of ether oxygens (including phenoxy) is 7. The average molecular weight is 401 g/mol. The van der Waals surface area contributed by atoms with Gasteiger partial charge in [0.25, 0.3) is 0 Å². The molecule has 0 bridgehead atoms. The number of rotatable bonds is 21. The fraction of sp³-hybridized carbons (Fsp3) is 0.714. The van der Waals surface area contributed by atoms with Crippen molar-refractivity contribution in [1.29, 1.82) is 0 Å². The Balaban J connectivity index is 1.67. The number of hydrogen-bond donors (Lipinski definition) is 0. The summed E-state index contributed by atoms with van der Waals surface area (Å²) in [6, 6.07) is 10.1. The summed E-state index contributed by atoms with van der Waals surface area (Å²) in [5.41, 5.74) is 1.17. The highest BCUT2D eigenvalue weighted by Gasteiger charge is 1.95. The van der Waals surface area contributed by atoms with Gasteiger partial charge in [-0.15, -0.1) is 0 Å². The maximum atomic E-state index is 5.54. The Labute approximate surface area is 169 Å². The zero-order valence-corrected chi connectivity index (χ0v) is 17.1. The first-order chi connectivity index (χ1) is 13.9. The van der Waals surface area contributed by atoms with Gasteiger partial charge < -0.3 is 33.2 Å². The average Bonchev–Trinajstić information content (AvgIpc) is 2.73. The Morgan fingerprint density at radius 3 is 1.21 bits per heavy atom. The summed E-state index contributed by atoms with van der Waals surface area (Å²) >= 11 is 0. The first-order valence-corrected chi connectivity index (χ1v) is 10.0. The number of hydrogen-bond acceptors (Lipinski definition) is 7. The van der Waals surface area contributed by atoms with Gasteiger partial charge in [0.1, 0.15) is 0 Å². The zero-order chi connectivity index (χ0) is 20.0. The van der Waals surface area contributed by atoms with E-state index in [9.17, 15) is 0 Å². The molecule has 0 atom stereocenters. The fourth-order valence-corrected chi connectivity index (χ4v) is 2.13. The van der Waals surface area contributed by atoms with Crippen LogP contribution in [0.15, 0.2) is 30.3 Å². The van der Waals surface area contributed by atoms with Gasteiger partial charge in [-0.2, -0.15) is 0 Å². The summed E-state index contributed by atoms with van der Waals surface area (Å²) in [7, 11) is 0. The largest absolute Gasteiger partial charge is 0.379 e. The lowest BCUT2D eigenvalue weighted by Crippen LogP contribution is -2.14. The van der Waals surface area contributed by atoms with Crippen LogP contribution >= 0.6 is 0 Å². The molecule has 0 aliphatic heterocycles.